The highest BCUT2D eigenvalue weighted by Gasteiger charge is 2.19. The Kier molecular flexibility index (Phi) is 4.61. The third kappa shape index (κ3) is 3.60. The van der Waals surface area contributed by atoms with Crippen molar-refractivity contribution in [1.29, 1.82) is 0 Å². The summed E-state index contributed by atoms with van der Waals surface area (Å²) < 4.78 is 10.8. The molecule has 19 heavy (non-hydrogen) atoms. The van der Waals surface area contributed by atoms with E-state index in [-0.39, 0.29) is 18.6 Å². The van der Waals surface area contributed by atoms with Crippen molar-refractivity contribution in [3.05, 3.63) is 22.8 Å². The van der Waals surface area contributed by atoms with Crippen LogP contribution >= 0.6 is 11.6 Å². The number of nitrogens with one attached hydrogen (secondary N) is 1. The van der Waals surface area contributed by atoms with E-state index in [1.807, 2.05) is 0 Å². The van der Waals surface area contributed by atoms with Crippen LogP contribution < -0.4 is 10.1 Å². The van der Waals surface area contributed by atoms with Gasteiger partial charge in [-0.25, -0.2) is 4.98 Å². The molecule has 0 aliphatic carbocycles. The smallest absolute Gasteiger partial charge is 0.253 e. The number of nitrogens with zero attached hydrogens (tertiary/aromatic N) is 1. The predicted octanol–water partition coefficient (Wildman–Crippen LogP) is 1.27. The van der Waals surface area contributed by atoms with Crippen LogP contribution in [0.25, 0.3) is 0 Å². The Hall–Kier alpha value is -1.77. The first-order valence-corrected chi connectivity index (χ1v) is 6.20. The summed E-state index contributed by atoms with van der Waals surface area (Å²) in [7, 11) is 0. The maximum Gasteiger partial charge on any atom is 0.253 e. The van der Waals surface area contributed by atoms with Crippen molar-refractivity contribution in [2.75, 3.05) is 19.8 Å². The molecule has 1 aromatic rings. The van der Waals surface area contributed by atoms with E-state index in [4.69, 9.17) is 27.5 Å². The van der Waals surface area contributed by atoms with Crippen molar-refractivity contribution in [2.24, 2.45) is 0 Å². The Morgan fingerprint density at radius 2 is 2.58 bits per heavy atom. The molecule has 0 bridgehead atoms. The molecule has 0 radical (unpaired) electrons. The Morgan fingerprint density at radius 3 is 3.21 bits per heavy atom. The summed E-state index contributed by atoms with van der Waals surface area (Å²) in [4.78, 5) is 15.7. The minimum Gasteiger partial charge on any atom is -0.471 e. The number of pyridine rings is 1. The molecule has 1 N–H and O–H groups in total. The fourth-order valence-electron chi connectivity index (χ4n) is 1.63. The molecule has 1 aliphatic rings. The Morgan fingerprint density at radius 1 is 1.74 bits per heavy atom. The Labute approximate surface area is 116 Å². The van der Waals surface area contributed by atoms with Gasteiger partial charge < -0.3 is 14.8 Å². The van der Waals surface area contributed by atoms with E-state index in [0.29, 0.717) is 29.7 Å². The lowest BCUT2D eigenvalue weighted by molar-refractivity contribution is 0.0958. The lowest BCUT2D eigenvalue weighted by atomic mass is 10.2. The highest BCUT2D eigenvalue weighted by molar-refractivity contribution is 6.32. The molecule has 6 heteroatoms. The van der Waals surface area contributed by atoms with E-state index in [0.717, 1.165) is 6.42 Å². The van der Waals surface area contributed by atoms with E-state index in [9.17, 15) is 4.79 Å². The molecule has 1 aromatic heterocycles. The second kappa shape index (κ2) is 6.41. The number of amides is 1. The van der Waals surface area contributed by atoms with Crippen molar-refractivity contribution in [1.82, 2.24) is 10.3 Å². The quantitative estimate of drug-likeness (QED) is 0.844. The number of ether oxygens (including phenoxy) is 2. The molecule has 0 spiro atoms. The van der Waals surface area contributed by atoms with Crippen molar-refractivity contribution in [3.63, 3.8) is 0 Å². The zero-order valence-corrected chi connectivity index (χ0v) is 10.9. The summed E-state index contributed by atoms with van der Waals surface area (Å²) in [6.07, 6.45) is 7.24. The zero-order chi connectivity index (χ0) is 13.7. The van der Waals surface area contributed by atoms with Gasteiger partial charge in [-0.2, -0.15) is 0 Å². The van der Waals surface area contributed by atoms with Gasteiger partial charge in [-0.1, -0.05) is 17.5 Å². The number of terminal acetylenes is 1. The highest BCUT2D eigenvalue weighted by atomic mass is 35.5. The third-order valence-electron chi connectivity index (χ3n) is 2.59. The average molecular weight is 281 g/mol. The summed E-state index contributed by atoms with van der Waals surface area (Å²) in [6, 6.07) is 1.51. The lowest BCUT2D eigenvalue weighted by Crippen LogP contribution is -2.24. The molecule has 100 valence electrons. The van der Waals surface area contributed by atoms with Gasteiger partial charge >= 0.3 is 0 Å². The maximum absolute atomic E-state index is 11.6. The van der Waals surface area contributed by atoms with Crippen LogP contribution in [0, 0.1) is 12.3 Å². The normalized spacial score (nSPS) is 17.8. The van der Waals surface area contributed by atoms with Crippen molar-refractivity contribution in [3.8, 4) is 18.2 Å². The fraction of sp³-hybridized carbons (Fsp3) is 0.385. The second-order valence-corrected chi connectivity index (χ2v) is 4.41. The zero-order valence-electron chi connectivity index (χ0n) is 10.2. The van der Waals surface area contributed by atoms with Crippen LogP contribution in [0.1, 0.15) is 16.8 Å². The minimum atomic E-state index is -0.317. The molecule has 1 aliphatic heterocycles. The first-order valence-electron chi connectivity index (χ1n) is 5.82. The fourth-order valence-corrected chi connectivity index (χ4v) is 1.84. The van der Waals surface area contributed by atoms with E-state index in [2.05, 4.69) is 16.2 Å². The average Bonchev–Trinajstić information content (AvgIpc) is 2.91. The molecule has 1 fully saturated rings. The third-order valence-corrected chi connectivity index (χ3v) is 2.86. The summed E-state index contributed by atoms with van der Waals surface area (Å²) in [5, 5.41) is 2.83. The SMILES string of the molecule is C#CCNC(=O)c1cnc(O[C@@H]2CCOC2)c(Cl)c1. The van der Waals surface area contributed by atoms with Gasteiger partial charge in [-0.15, -0.1) is 6.42 Å². The summed E-state index contributed by atoms with van der Waals surface area (Å²) >= 11 is 6.04. The van der Waals surface area contributed by atoms with Gasteiger partial charge in [0.05, 0.1) is 25.3 Å². The first-order chi connectivity index (χ1) is 9.20. The monoisotopic (exact) mass is 280 g/mol. The number of carbonyl (C=O) groups is 1. The first kappa shape index (κ1) is 13.7. The molecule has 5 nitrogen and oxygen atoms in total. The van der Waals surface area contributed by atoms with Crippen molar-refractivity contribution >= 4 is 17.5 Å². The van der Waals surface area contributed by atoms with Crippen LogP contribution in [-0.2, 0) is 4.74 Å². The number of hydrogen-bond acceptors (Lipinski definition) is 4. The Balaban J connectivity index is 2.04. The standard InChI is InChI=1S/C13H13ClN2O3/c1-2-4-15-12(17)9-6-11(14)13(16-7-9)19-10-3-5-18-8-10/h1,6-7,10H,3-5,8H2,(H,15,17)/t10-/m1/s1. The molecule has 1 saturated heterocycles. The van der Waals surface area contributed by atoms with Crippen LogP contribution in [0.2, 0.25) is 5.02 Å². The summed E-state index contributed by atoms with van der Waals surface area (Å²) in [5.74, 6) is 2.31. The number of rotatable bonds is 4. The van der Waals surface area contributed by atoms with Gasteiger partial charge in [0.25, 0.3) is 5.91 Å². The van der Waals surface area contributed by atoms with Crippen LogP contribution in [0.5, 0.6) is 5.88 Å². The number of carbonyl (C=O) groups excluding carboxylic acids is 1. The van der Waals surface area contributed by atoms with Crippen LogP contribution in [0.4, 0.5) is 0 Å². The van der Waals surface area contributed by atoms with Crippen LogP contribution in [0.3, 0.4) is 0 Å². The van der Waals surface area contributed by atoms with Gasteiger partial charge in [0.1, 0.15) is 11.1 Å². The second-order valence-electron chi connectivity index (χ2n) is 4.00. The van der Waals surface area contributed by atoms with Gasteiger partial charge in [-0.3, -0.25) is 4.79 Å². The van der Waals surface area contributed by atoms with E-state index in [1.165, 1.54) is 12.3 Å². The molecule has 2 rings (SSSR count). The topological polar surface area (TPSA) is 60.5 Å². The molecule has 2 heterocycles. The van der Waals surface area contributed by atoms with E-state index in [1.54, 1.807) is 0 Å². The molecule has 0 unspecified atom stereocenters. The number of aromatic nitrogens is 1. The number of hydrogen-bond donors (Lipinski definition) is 1. The van der Waals surface area contributed by atoms with E-state index < -0.39 is 0 Å². The molecule has 0 aromatic carbocycles. The molecule has 1 atom stereocenters. The molecular weight excluding hydrogens is 268 g/mol. The number of halogens is 1. The van der Waals surface area contributed by atoms with Crippen LogP contribution in [0.15, 0.2) is 12.3 Å². The van der Waals surface area contributed by atoms with Crippen molar-refractivity contribution < 1.29 is 14.3 Å². The minimum absolute atomic E-state index is 0.0360. The van der Waals surface area contributed by atoms with Crippen LogP contribution in [-0.4, -0.2) is 36.8 Å². The predicted molar refractivity (Wildman–Crippen MR) is 70.3 cm³/mol. The molecule has 0 saturated carbocycles. The molecule has 1 amide bonds. The van der Waals surface area contributed by atoms with Gasteiger partial charge in [0.2, 0.25) is 5.88 Å². The molecular formula is C13H13ClN2O3. The highest BCUT2D eigenvalue weighted by Crippen LogP contribution is 2.25. The maximum atomic E-state index is 11.6. The summed E-state index contributed by atoms with van der Waals surface area (Å²) in [6.45, 7) is 1.37. The van der Waals surface area contributed by atoms with Gasteiger partial charge in [-0.05, 0) is 6.07 Å². The van der Waals surface area contributed by atoms with Crippen molar-refractivity contribution in [2.45, 2.75) is 12.5 Å². The lowest BCUT2D eigenvalue weighted by Gasteiger charge is -2.12. The van der Waals surface area contributed by atoms with Gasteiger partial charge in [0, 0.05) is 12.6 Å². The largest absolute Gasteiger partial charge is 0.471 e. The van der Waals surface area contributed by atoms with E-state index >= 15 is 0 Å². The Bertz CT molecular complexity index is 507. The van der Waals surface area contributed by atoms with Gasteiger partial charge in [0.15, 0.2) is 0 Å². The summed E-state index contributed by atoms with van der Waals surface area (Å²) in [5.41, 5.74) is 0.343.